The fourth-order valence-electron chi connectivity index (χ4n) is 9.35. The molecule has 3 aliphatic heterocycles. The van der Waals surface area contributed by atoms with Gasteiger partial charge in [0.2, 0.25) is 0 Å². The van der Waals surface area contributed by atoms with Crippen LogP contribution < -0.4 is 20.7 Å². The predicted octanol–water partition coefficient (Wildman–Crippen LogP) is 10.6. The molecule has 0 saturated carbocycles. The van der Waals surface area contributed by atoms with Gasteiger partial charge in [-0.3, -0.25) is 14.4 Å². The largest absolute Gasteiger partial charge is 4.00 e. The van der Waals surface area contributed by atoms with Crippen molar-refractivity contribution in [3.05, 3.63) is 130 Å². The molecule has 0 aliphatic carbocycles. The Kier molecular flexibility index (Phi) is 20.0. The van der Waals surface area contributed by atoms with E-state index >= 15 is 0 Å². The van der Waals surface area contributed by atoms with Crippen LogP contribution in [0.3, 0.4) is 0 Å². The van der Waals surface area contributed by atoms with Crippen LogP contribution in [0.15, 0.2) is 75.3 Å². The predicted molar refractivity (Wildman–Crippen MR) is 258 cm³/mol. The summed E-state index contributed by atoms with van der Waals surface area (Å²) in [7, 11) is 0. The monoisotopic (exact) mass is 926 g/mol. The van der Waals surface area contributed by atoms with Crippen LogP contribution in [0.2, 0.25) is 0 Å². The molecule has 1 saturated heterocycles. The molecule has 2 aromatic rings. The van der Waals surface area contributed by atoms with Crippen molar-refractivity contribution in [2.45, 2.75) is 158 Å². The number of carbonyl (C=O) groups is 3. The Balaban J connectivity index is 0.00000925. The van der Waals surface area contributed by atoms with E-state index in [0.29, 0.717) is 46.1 Å². The first kappa shape index (κ1) is 52.8. The van der Waals surface area contributed by atoms with E-state index in [4.69, 9.17) is 20.6 Å². The first-order valence-corrected chi connectivity index (χ1v) is 23.3. The molecule has 5 heterocycles. The zero-order valence-corrected chi connectivity index (χ0v) is 41.1. The molecule has 10 nitrogen and oxygen atoms in total. The van der Waals surface area contributed by atoms with Gasteiger partial charge in [0.25, 0.3) is 0 Å². The van der Waals surface area contributed by atoms with E-state index in [1.54, 1.807) is 12.2 Å². The number of allylic oxidation sites excluding steroid dienone is 11. The van der Waals surface area contributed by atoms with Gasteiger partial charge in [0.05, 0.1) is 6.10 Å². The smallest absolute Gasteiger partial charge is 0.678 e. The summed E-state index contributed by atoms with van der Waals surface area (Å²) in [5, 5.41) is 42.5. The molecule has 0 amide bonds. The second kappa shape index (κ2) is 24.6. The SMILES string of the molecule is CC[C@@H]1/C2=C\c3[n-]c(c(CCC(=O)O)c3C)/C=c3\[n-]/c(c(C=O)c3CCC(=O)O)=C\C3=C(C)[C@@H]([C@@H](O)CC/C=C(\C)CC/C=C(\C)CC/C=C(\C)CCC=C(C)C)C(/C=C(/[N-]2)[C@H]1C)[N-]3.[Fe+4]. The number of carboxylic acids is 2. The quantitative estimate of drug-likeness (QED) is 0.0631. The van der Waals surface area contributed by atoms with Gasteiger partial charge in [-0.1, -0.05) is 113 Å². The maximum Gasteiger partial charge on any atom is 4.00 e. The fourth-order valence-corrected chi connectivity index (χ4v) is 9.35. The van der Waals surface area contributed by atoms with E-state index in [2.05, 4.69) is 78.8 Å². The number of aromatic nitrogens is 2. The van der Waals surface area contributed by atoms with Crippen LogP contribution in [0.1, 0.15) is 164 Å². The van der Waals surface area contributed by atoms with E-state index in [9.17, 15) is 29.7 Å². The normalized spacial score (nSPS) is 22.8. The average molecular weight is 927 g/mol. The van der Waals surface area contributed by atoms with Gasteiger partial charge in [0.1, 0.15) is 6.29 Å². The third-order valence-corrected chi connectivity index (χ3v) is 13.2. The van der Waals surface area contributed by atoms with Gasteiger partial charge in [-0.15, -0.1) is 33.9 Å². The Labute approximate surface area is 397 Å². The van der Waals surface area contributed by atoms with Crippen LogP contribution in [-0.2, 0) is 39.5 Å². The minimum atomic E-state index is -1.01. The molecule has 350 valence electrons. The number of fused-ring (bicyclic) bond motifs is 8. The molecule has 2 aromatic heterocycles. The van der Waals surface area contributed by atoms with Crippen LogP contribution in [0.5, 0.6) is 0 Å². The number of carbonyl (C=O) groups excluding carboxylic acids is 1. The Morgan fingerprint density at radius 2 is 1.32 bits per heavy atom. The maximum atomic E-state index is 12.8. The number of aliphatic hydroxyl groups excluding tert-OH is 1. The standard InChI is InChI=1S/C54H72N4O6.Fe/c1-10-39-36(7)44-29-50-54(51(60)22-14-21-35(6)20-13-19-34(5)18-12-17-33(4)16-11-15-32(2)3)38(9)45(57-50)28-49-42(31-59)41(24-26-53(63)64)48(58-49)30-47-40(23-25-52(61)62)37(8)43(56-47)27-46(39)55-44;/h15,17,19,21,27-31,36,39,50-51,54,60H,10-14,16,18,20,22-26H2,1-9H3,(H4,55,56,59,61,62,63,64);/q-2;+4/p-2/b33-17+,34-19+,35-21+,44-29+,49-28-;/t36-,39-,50?,51-,54+;/m0./s1. The molecule has 0 radical (unpaired) electrons. The minimum Gasteiger partial charge on any atom is -0.678 e. The van der Waals surface area contributed by atoms with Crippen molar-refractivity contribution >= 4 is 36.5 Å². The van der Waals surface area contributed by atoms with Crippen molar-refractivity contribution in [3.8, 4) is 0 Å². The summed E-state index contributed by atoms with van der Waals surface area (Å²) in [5.74, 6) is -2.07. The maximum absolute atomic E-state index is 12.8. The zero-order chi connectivity index (χ0) is 46.7. The number of carboxylic acid groups (broad SMARTS) is 2. The molecule has 65 heavy (non-hydrogen) atoms. The number of aliphatic carboxylic acids is 2. The number of aldehydes is 1. The Hall–Kier alpha value is -4.83. The number of nitrogens with zero attached hydrogens (tertiary/aromatic N) is 4. The molecule has 3 aliphatic rings. The van der Waals surface area contributed by atoms with Gasteiger partial charge >= 0.3 is 29.0 Å². The fraction of sp³-hybridized carbons (Fsp3) is 0.500. The molecular weight excluding hydrogens is 856 g/mol. The average Bonchev–Trinajstić information content (AvgIpc) is 3.91. The van der Waals surface area contributed by atoms with Crippen molar-refractivity contribution in [2.75, 3.05) is 0 Å². The number of hydrogen-bond donors (Lipinski definition) is 3. The van der Waals surface area contributed by atoms with Crippen molar-refractivity contribution in [3.63, 3.8) is 0 Å². The zero-order valence-electron chi connectivity index (χ0n) is 40.0. The first-order valence-electron chi connectivity index (χ1n) is 23.3. The third kappa shape index (κ3) is 14.1. The number of rotatable bonds is 21. The molecule has 5 atom stereocenters. The molecular formula is C54H70FeN4O6. The van der Waals surface area contributed by atoms with Gasteiger partial charge in [0, 0.05) is 18.4 Å². The van der Waals surface area contributed by atoms with Crippen molar-refractivity contribution in [2.24, 2.45) is 17.8 Å². The first-order chi connectivity index (χ1) is 30.5. The van der Waals surface area contributed by atoms with Gasteiger partial charge in [0.15, 0.2) is 0 Å². The van der Waals surface area contributed by atoms with E-state index in [1.165, 1.54) is 22.3 Å². The van der Waals surface area contributed by atoms with Crippen LogP contribution in [0.25, 0.3) is 28.9 Å². The molecule has 5 rings (SSSR count). The summed E-state index contributed by atoms with van der Waals surface area (Å²) in [4.78, 5) is 46.3. The summed E-state index contributed by atoms with van der Waals surface area (Å²) in [6, 6.07) is -0.415. The van der Waals surface area contributed by atoms with E-state index < -0.39 is 24.1 Å². The Morgan fingerprint density at radius 1 is 0.738 bits per heavy atom. The third-order valence-electron chi connectivity index (χ3n) is 13.2. The van der Waals surface area contributed by atoms with Crippen molar-refractivity contribution in [1.82, 2.24) is 9.97 Å². The topological polar surface area (TPSA) is 168 Å². The minimum absolute atomic E-state index is 0. The van der Waals surface area contributed by atoms with Crippen molar-refractivity contribution < 1.29 is 46.8 Å². The van der Waals surface area contributed by atoms with Crippen LogP contribution in [-0.4, -0.2) is 45.7 Å². The summed E-state index contributed by atoms with van der Waals surface area (Å²) < 4.78 is 0. The molecule has 11 heteroatoms. The summed E-state index contributed by atoms with van der Waals surface area (Å²) in [5.41, 5.74) is 12.4. The van der Waals surface area contributed by atoms with Gasteiger partial charge < -0.3 is 35.9 Å². The van der Waals surface area contributed by atoms with Crippen LogP contribution in [0.4, 0.5) is 0 Å². The number of hydrogen-bond acceptors (Lipinski definition) is 4. The van der Waals surface area contributed by atoms with E-state index in [1.807, 2.05) is 19.9 Å². The van der Waals surface area contributed by atoms with Gasteiger partial charge in [-0.25, -0.2) is 0 Å². The molecule has 1 fully saturated rings. The molecule has 8 bridgehead atoms. The van der Waals surface area contributed by atoms with Crippen molar-refractivity contribution in [1.29, 1.82) is 0 Å². The summed E-state index contributed by atoms with van der Waals surface area (Å²) in [6.07, 6.45) is 25.3. The van der Waals surface area contributed by atoms with Crippen LogP contribution in [0, 0.1) is 24.7 Å². The van der Waals surface area contributed by atoms with Gasteiger partial charge in [-0.2, -0.15) is 11.4 Å². The van der Waals surface area contributed by atoms with E-state index in [0.717, 1.165) is 79.5 Å². The Bertz CT molecular complexity index is 2400. The van der Waals surface area contributed by atoms with Gasteiger partial charge in [-0.05, 0) is 130 Å². The molecule has 0 aromatic carbocycles. The molecule has 3 N–H and O–H groups in total. The second-order valence-corrected chi connectivity index (χ2v) is 18.4. The van der Waals surface area contributed by atoms with E-state index in [-0.39, 0.29) is 66.1 Å². The van der Waals surface area contributed by atoms with Crippen LogP contribution >= 0.6 is 0 Å². The summed E-state index contributed by atoms with van der Waals surface area (Å²) >= 11 is 0. The second-order valence-electron chi connectivity index (χ2n) is 18.4. The molecule has 1 unspecified atom stereocenters. The Morgan fingerprint density at radius 3 is 1.89 bits per heavy atom. The number of aliphatic hydroxyl groups is 1. The molecule has 0 spiro atoms. The summed E-state index contributed by atoms with van der Waals surface area (Å²) in [6.45, 7) is 19.1.